The molecule has 3 rings (SSSR count). The van der Waals surface area contributed by atoms with Crippen molar-refractivity contribution < 1.29 is 14.6 Å². The van der Waals surface area contributed by atoms with Crippen molar-refractivity contribution >= 4 is 0 Å². The summed E-state index contributed by atoms with van der Waals surface area (Å²) >= 11 is 0. The molecule has 0 bridgehead atoms. The molecule has 2 aromatic carbocycles. The number of nitrogens with one attached hydrogen (secondary N) is 1. The Kier molecular flexibility index (Phi) is 6.83. The number of rotatable bonds is 7. The third-order valence-corrected chi connectivity index (χ3v) is 5.67. The summed E-state index contributed by atoms with van der Waals surface area (Å²) in [5.41, 5.74) is 2.74. The fourth-order valence-electron chi connectivity index (χ4n) is 4.29. The van der Waals surface area contributed by atoms with Crippen LogP contribution in [0.1, 0.15) is 50.3 Å². The zero-order valence-corrected chi connectivity index (χ0v) is 18.2. The molecule has 5 heteroatoms. The number of phenols is 1. The van der Waals surface area contributed by atoms with Crippen LogP contribution in [0.2, 0.25) is 0 Å². The van der Waals surface area contributed by atoms with Gasteiger partial charge in [-0.1, -0.05) is 44.2 Å². The highest BCUT2D eigenvalue weighted by atomic mass is 16.5. The number of piperazine rings is 1. The van der Waals surface area contributed by atoms with Crippen molar-refractivity contribution in [2.24, 2.45) is 0 Å². The summed E-state index contributed by atoms with van der Waals surface area (Å²) in [6, 6.07) is 14.0. The van der Waals surface area contributed by atoms with Gasteiger partial charge in [0.2, 0.25) is 0 Å². The SMILES string of the molecule is CCOC1(c2ccccc2)CNCCN1C(C)Oc1cc(C)c(C(C)C)cc1O. The Bertz CT molecular complexity index is 805. The van der Waals surface area contributed by atoms with E-state index in [2.05, 4.69) is 43.1 Å². The van der Waals surface area contributed by atoms with Gasteiger partial charge in [0.15, 0.2) is 23.5 Å². The van der Waals surface area contributed by atoms with Crippen LogP contribution in [0.3, 0.4) is 0 Å². The van der Waals surface area contributed by atoms with E-state index in [4.69, 9.17) is 9.47 Å². The second-order valence-corrected chi connectivity index (χ2v) is 8.00. The number of hydrogen-bond acceptors (Lipinski definition) is 5. The van der Waals surface area contributed by atoms with E-state index in [1.165, 1.54) is 0 Å². The third kappa shape index (κ3) is 4.42. The van der Waals surface area contributed by atoms with Gasteiger partial charge in [0, 0.05) is 31.8 Å². The first-order chi connectivity index (χ1) is 13.9. The molecule has 0 radical (unpaired) electrons. The van der Waals surface area contributed by atoms with Gasteiger partial charge >= 0.3 is 0 Å². The Morgan fingerprint density at radius 3 is 2.55 bits per heavy atom. The average molecular weight is 399 g/mol. The number of benzene rings is 2. The molecule has 29 heavy (non-hydrogen) atoms. The van der Waals surface area contributed by atoms with Crippen LogP contribution in [0, 0.1) is 6.92 Å². The summed E-state index contributed by atoms with van der Waals surface area (Å²) in [6.07, 6.45) is -0.279. The minimum absolute atomic E-state index is 0.183. The van der Waals surface area contributed by atoms with Crippen molar-refractivity contribution in [3.63, 3.8) is 0 Å². The first-order valence-electron chi connectivity index (χ1n) is 10.6. The van der Waals surface area contributed by atoms with Gasteiger partial charge in [-0.25, -0.2) is 4.90 Å². The molecule has 1 aliphatic rings. The monoisotopic (exact) mass is 398 g/mol. The average Bonchev–Trinajstić information content (AvgIpc) is 2.71. The first-order valence-corrected chi connectivity index (χ1v) is 10.6. The Labute approximate surface area is 174 Å². The van der Waals surface area contributed by atoms with Crippen LogP contribution in [-0.2, 0) is 10.5 Å². The lowest BCUT2D eigenvalue weighted by molar-refractivity contribution is -0.211. The normalized spacial score (nSPS) is 21.3. The number of aryl methyl sites for hydroxylation is 1. The van der Waals surface area contributed by atoms with Gasteiger partial charge in [-0.2, -0.15) is 0 Å². The lowest BCUT2D eigenvalue weighted by Gasteiger charge is -2.49. The van der Waals surface area contributed by atoms with Crippen LogP contribution in [0.25, 0.3) is 0 Å². The van der Waals surface area contributed by atoms with E-state index in [0.717, 1.165) is 29.8 Å². The highest BCUT2D eigenvalue weighted by Crippen LogP contribution is 2.37. The molecule has 2 N–H and O–H groups in total. The lowest BCUT2D eigenvalue weighted by atomic mass is 9.97. The second-order valence-electron chi connectivity index (χ2n) is 8.00. The maximum atomic E-state index is 10.6. The van der Waals surface area contributed by atoms with Crippen molar-refractivity contribution in [2.45, 2.75) is 52.5 Å². The number of ether oxygens (including phenoxy) is 2. The maximum Gasteiger partial charge on any atom is 0.163 e. The zero-order chi connectivity index (χ0) is 21.0. The minimum atomic E-state index is -0.615. The van der Waals surface area contributed by atoms with E-state index >= 15 is 0 Å². The van der Waals surface area contributed by atoms with E-state index < -0.39 is 5.72 Å². The Hall–Kier alpha value is -2.08. The molecule has 158 valence electrons. The molecule has 1 aliphatic heterocycles. The standard InChI is InChI=1S/C24H34N2O3/c1-6-28-24(20-10-8-7-9-11-20)16-25-12-13-26(24)19(5)29-23-14-18(4)21(17(2)3)15-22(23)27/h7-11,14-15,17,19,25,27H,6,12-13,16H2,1-5H3. The summed E-state index contributed by atoms with van der Waals surface area (Å²) in [5, 5.41) is 14.1. The molecule has 1 fully saturated rings. The van der Waals surface area contributed by atoms with Gasteiger partial charge in [0.05, 0.1) is 0 Å². The molecule has 2 unspecified atom stereocenters. The van der Waals surface area contributed by atoms with Crippen LogP contribution in [0.4, 0.5) is 0 Å². The van der Waals surface area contributed by atoms with Gasteiger partial charge in [-0.05, 0) is 49.9 Å². The van der Waals surface area contributed by atoms with Crippen molar-refractivity contribution in [3.8, 4) is 11.5 Å². The maximum absolute atomic E-state index is 10.6. The molecule has 1 saturated heterocycles. The van der Waals surface area contributed by atoms with Gasteiger partial charge in [-0.3, -0.25) is 0 Å². The fourth-order valence-corrected chi connectivity index (χ4v) is 4.29. The zero-order valence-electron chi connectivity index (χ0n) is 18.2. The minimum Gasteiger partial charge on any atom is -0.504 e. The van der Waals surface area contributed by atoms with E-state index in [1.807, 2.05) is 44.2 Å². The van der Waals surface area contributed by atoms with Crippen molar-refractivity contribution in [2.75, 3.05) is 26.2 Å². The summed E-state index contributed by atoms with van der Waals surface area (Å²) < 4.78 is 12.6. The molecule has 0 spiro atoms. The quantitative estimate of drug-likeness (QED) is 0.726. The smallest absolute Gasteiger partial charge is 0.163 e. The summed E-state index contributed by atoms with van der Waals surface area (Å²) in [4.78, 5) is 2.24. The summed E-state index contributed by atoms with van der Waals surface area (Å²) in [5.74, 6) is 1.05. The molecule has 5 nitrogen and oxygen atoms in total. The fraction of sp³-hybridized carbons (Fsp3) is 0.500. The predicted molar refractivity (Wildman–Crippen MR) is 116 cm³/mol. The van der Waals surface area contributed by atoms with E-state index in [9.17, 15) is 5.11 Å². The number of aromatic hydroxyl groups is 1. The topological polar surface area (TPSA) is 54.0 Å². The molecule has 2 atom stereocenters. The van der Waals surface area contributed by atoms with Gasteiger partial charge in [-0.15, -0.1) is 0 Å². The van der Waals surface area contributed by atoms with Crippen LogP contribution in [0.15, 0.2) is 42.5 Å². The molecule has 0 amide bonds. The van der Waals surface area contributed by atoms with Crippen molar-refractivity contribution in [3.05, 3.63) is 59.2 Å². The number of hydrogen-bond donors (Lipinski definition) is 2. The Morgan fingerprint density at radius 2 is 1.90 bits per heavy atom. The Balaban J connectivity index is 1.92. The van der Waals surface area contributed by atoms with Gasteiger partial charge in [0.1, 0.15) is 0 Å². The summed E-state index contributed by atoms with van der Waals surface area (Å²) in [6.45, 7) is 13.3. The molecule has 0 aliphatic carbocycles. The molecule has 0 saturated carbocycles. The van der Waals surface area contributed by atoms with E-state index in [0.29, 0.717) is 24.8 Å². The molecule has 2 aromatic rings. The molecular weight excluding hydrogens is 364 g/mol. The Morgan fingerprint density at radius 1 is 1.17 bits per heavy atom. The number of phenolic OH excluding ortho intramolecular Hbond substituents is 1. The van der Waals surface area contributed by atoms with Crippen LogP contribution in [-0.4, -0.2) is 42.5 Å². The third-order valence-electron chi connectivity index (χ3n) is 5.67. The van der Waals surface area contributed by atoms with Crippen LogP contribution >= 0.6 is 0 Å². The lowest BCUT2D eigenvalue weighted by Crippen LogP contribution is -2.63. The number of nitrogens with zero attached hydrogens (tertiary/aromatic N) is 1. The highest BCUT2D eigenvalue weighted by Gasteiger charge is 2.44. The highest BCUT2D eigenvalue weighted by molar-refractivity contribution is 5.47. The van der Waals surface area contributed by atoms with Crippen LogP contribution in [0.5, 0.6) is 11.5 Å². The van der Waals surface area contributed by atoms with Crippen molar-refractivity contribution in [1.82, 2.24) is 10.2 Å². The molecular formula is C24H34N2O3. The van der Waals surface area contributed by atoms with E-state index in [1.54, 1.807) is 0 Å². The second kappa shape index (κ2) is 9.16. The van der Waals surface area contributed by atoms with E-state index in [-0.39, 0.29) is 12.0 Å². The summed E-state index contributed by atoms with van der Waals surface area (Å²) in [7, 11) is 0. The molecule has 0 aromatic heterocycles. The largest absolute Gasteiger partial charge is 0.504 e. The first kappa shape index (κ1) is 21.6. The van der Waals surface area contributed by atoms with Gasteiger partial charge in [0.25, 0.3) is 0 Å². The van der Waals surface area contributed by atoms with Crippen molar-refractivity contribution in [1.29, 1.82) is 0 Å². The molecule has 1 heterocycles. The van der Waals surface area contributed by atoms with Gasteiger partial charge < -0.3 is 19.9 Å². The predicted octanol–water partition coefficient (Wildman–Crippen LogP) is 4.34. The van der Waals surface area contributed by atoms with Crippen LogP contribution < -0.4 is 10.1 Å².